The van der Waals surface area contributed by atoms with E-state index in [1.165, 1.54) is 17.5 Å². The van der Waals surface area contributed by atoms with Crippen molar-refractivity contribution >= 4 is 17.0 Å². The second-order valence-electron chi connectivity index (χ2n) is 5.43. The highest BCUT2D eigenvalue weighted by Gasteiger charge is 2.15. The molecule has 0 atom stereocenters. The fourth-order valence-electron chi connectivity index (χ4n) is 3.13. The molecule has 0 spiro atoms. The molecule has 4 nitrogen and oxygen atoms in total. The molecule has 102 valence electrons. The van der Waals surface area contributed by atoms with Gasteiger partial charge >= 0.3 is 0 Å². The van der Waals surface area contributed by atoms with E-state index < -0.39 is 0 Å². The summed E-state index contributed by atoms with van der Waals surface area (Å²) in [6.45, 7) is 0. The Morgan fingerprint density at radius 3 is 2.81 bits per heavy atom. The van der Waals surface area contributed by atoms with Gasteiger partial charge in [0.1, 0.15) is 0 Å². The zero-order valence-corrected chi connectivity index (χ0v) is 11.5. The molecule has 2 aromatic carbocycles. The van der Waals surface area contributed by atoms with Crippen LogP contribution in [0.25, 0.3) is 16.7 Å². The maximum Gasteiger partial charge on any atom is 0.205 e. The molecule has 0 saturated carbocycles. The van der Waals surface area contributed by atoms with Crippen molar-refractivity contribution < 1.29 is 0 Å². The summed E-state index contributed by atoms with van der Waals surface area (Å²) in [5, 5.41) is 9.08. The zero-order chi connectivity index (χ0) is 14.4. The van der Waals surface area contributed by atoms with E-state index in [1.54, 1.807) is 6.07 Å². The molecule has 1 heterocycles. The third kappa shape index (κ3) is 1.78. The maximum absolute atomic E-state index is 9.08. The number of fused-ring (bicyclic) bond motifs is 2. The molecule has 0 unspecified atom stereocenters. The number of nitriles is 1. The van der Waals surface area contributed by atoms with Crippen LogP contribution in [0.3, 0.4) is 0 Å². The van der Waals surface area contributed by atoms with Crippen LogP contribution in [0.4, 0.5) is 5.95 Å². The zero-order valence-electron chi connectivity index (χ0n) is 11.5. The van der Waals surface area contributed by atoms with Crippen LogP contribution < -0.4 is 5.73 Å². The summed E-state index contributed by atoms with van der Waals surface area (Å²) < 4.78 is 1.93. The molecule has 21 heavy (non-hydrogen) atoms. The van der Waals surface area contributed by atoms with Crippen LogP contribution in [0.1, 0.15) is 23.1 Å². The van der Waals surface area contributed by atoms with E-state index in [2.05, 4.69) is 29.3 Å². The van der Waals surface area contributed by atoms with Crippen LogP contribution in [0, 0.1) is 11.3 Å². The van der Waals surface area contributed by atoms with Gasteiger partial charge in [-0.2, -0.15) is 5.26 Å². The standard InChI is InChI=1S/C17H14N4/c18-10-11-4-7-15-16(8-11)21(17(19)20-15)14-6-5-12-2-1-3-13(12)9-14/h4-9H,1-3H2,(H2,19,20). The van der Waals surface area contributed by atoms with Gasteiger partial charge < -0.3 is 5.73 Å². The van der Waals surface area contributed by atoms with Crippen LogP contribution in [0.15, 0.2) is 36.4 Å². The quantitative estimate of drug-likeness (QED) is 0.741. The van der Waals surface area contributed by atoms with Gasteiger partial charge in [0.25, 0.3) is 0 Å². The predicted octanol–water partition coefficient (Wildman–Crippen LogP) is 2.97. The summed E-state index contributed by atoms with van der Waals surface area (Å²) in [4.78, 5) is 4.39. The van der Waals surface area contributed by atoms with Crippen molar-refractivity contribution in [3.63, 3.8) is 0 Å². The molecule has 4 rings (SSSR count). The Labute approximate surface area is 122 Å². The number of benzene rings is 2. The molecule has 0 aliphatic heterocycles. The molecule has 0 saturated heterocycles. The normalized spacial score (nSPS) is 13.3. The first-order valence-electron chi connectivity index (χ1n) is 7.06. The number of aromatic nitrogens is 2. The second-order valence-corrected chi connectivity index (χ2v) is 5.43. The highest BCUT2D eigenvalue weighted by atomic mass is 15.2. The van der Waals surface area contributed by atoms with Crippen molar-refractivity contribution in [1.29, 1.82) is 5.26 Å². The van der Waals surface area contributed by atoms with Gasteiger partial charge in [0.2, 0.25) is 5.95 Å². The van der Waals surface area contributed by atoms with Gasteiger partial charge in [-0.25, -0.2) is 4.98 Å². The Bertz CT molecular complexity index is 899. The van der Waals surface area contributed by atoms with E-state index in [0.29, 0.717) is 11.5 Å². The first kappa shape index (κ1) is 12.0. The summed E-state index contributed by atoms with van der Waals surface area (Å²) in [5.74, 6) is 0.457. The average Bonchev–Trinajstić information content (AvgIpc) is 3.08. The van der Waals surface area contributed by atoms with Crippen LogP contribution in [0.5, 0.6) is 0 Å². The Balaban J connectivity index is 1.97. The molecule has 3 aromatic rings. The molecule has 0 fully saturated rings. The van der Waals surface area contributed by atoms with Gasteiger partial charge in [0.05, 0.1) is 22.7 Å². The molecule has 1 aliphatic rings. The SMILES string of the molecule is N#Cc1ccc2nc(N)n(-c3ccc4c(c3)CCC4)c2c1. The Kier molecular flexibility index (Phi) is 2.48. The molecule has 4 heteroatoms. The topological polar surface area (TPSA) is 67.6 Å². The van der Waals surface area contributed by atoms with Crippen molar-refractivity contribution in [2.24, 2.45) is 0 Å². The summed E-state index contributed by atoms with van der Waals surface area (Å²) in [7, 11) is 0. The first-order valence-corrected chi connectivity index (χ1v) is 7.06. The van der Waals surface area contributed by atoms with Gasteiger partial charge in [-0.05, 0) is 60.7 Å². The Morgan fingerprint density at radius 2 is 1.95 bits per heavy atom. The van der Waals surface area contributed by atoms with Crippen molar-refractivity contribution in [2.45, 2.75) is 19.3 Å². The van der Waals surface area contributed by atoms with Crippen molar-refractivity contribution in [3.05, 3.63) is 53.1 Å². The molecule has 1 aliphatic carbocycles. The number of aryl methyl sites for hydroxylation is 2. The molecule has 0 bridgehead atoms. The molecule has 2 N–H and O–H groups in total. The van der Waals surface area contributed by atoms with E-state index >= 15 is 0 Å². The Hall–Kier alpha value is -2.80. The van der Waals surface area contributed by atoms with Gasteiger partial charge in [0.15, 0.2) is 0 Å². The number of imidazole rings is 1. The van der Waals surface area contributed by atoms with E-state index in [-0.39, 0.29) is 0 Å². The van der Waals surface area contributed by atoms with Crippen LogP contribution in [-0.2, 0) is 12.8 Å². The van der Waals surface area contributed by atoms with Crippen LogP contribution in [-0.4, -0.2) is 9.55 Å². The highest BCUT2D eigenvalue weighted by molar-refractivity contribution is 5.82. The van der Waals surface area contributed by atoms with Crippen molar-refractivity contribution in [1.82, 2.24) is 9.55 Å². The minimum absolute atomic E-state index is 0.457. The van der Waals surface area contributed by atoms with Gasteiger partial charge in [0, 0.05) is 5.69 Å². The largest absolute Gasteiger partial charge is 0.369 e. The van der Waals surface area contributed by atoms with E-state index in [4.69, 9.17) is 11.0 Å². The molecule has 1 aromatic heterocycles. The minimum atomic E-state index is 0.457. The second kappa shape index (κ2) is 4.35. The number of rotatable bonds is 1. The molecular weight excluding hydrogens is 260 g/mol. The van der Waals surface area contributed by atoms with Gasteiger partial charge in [-0.15, -0.1) is 0 Å². The van der Waals surface area contributed by atoms with E-state index in [0.717, 1.165) is 29.6 Å². The predicted molar refractivity (Wildman–Crippen MR) is 82.2 cm³/mol. The Morgan fingerprint density at radius 1 is 1.10 bits per heavy atom. The van der Waals surface area contributed by atoms with Crippen molar-refractivity contribution in [2.75, 3.05) is 5.73 Å². The lowest BCUT2D eigenvalue weighted by molar-refractivity contribution is 0.911. The van der Waals surface area contributed by atoms with Crippen LogP contribution >= 0.6 is 0 Å². The number of nitrogens with two attached hydrogens (primary N) is 1. The summed E-state index contributed by atoms with van der Waals surface area (Å²) in [5.41, 5.74) is 12.2. The highest BCUT2D eigenvalue weighted by Crippen LogP contribution is 2.28. The number of nitrogen functional groups attached to an aromatic ring is 1. The van der Waals surface area contributed by atoms with Crippen LogP contribution in [0.2, 0.25) is 0 Å². The third-order valence-electron chi connectivity index (χ3n) is 4.15. The lowest BCUT2D eigenvalue weighted by atomic mass is 10.1. The summed E-state index contributed by atoms with van der Waals surface area (Å²) in [6.07, 6.45) is 3.50. The lowest BCUT2D eigenvalue weighted by Crippen LogP contribution is -2.01. The molecule has 0 amide bonds. The first-order chi connectivity index (χ1) is 10.3. The monoisotopic (exact) mass is 274 g/mol. The van der Waals surface area contributed by atoms with E-state index in [1.807, 2.05) is 16.7 Å². The summed E-state index contributed by atoms with van der Waals surface area (Å²) in [6, 6.07) is 14.1. The minimum Gasteiger partial charge on any atom is -0.369 e. The number of nitrogens with zero attached hydrogens (tertiary/aromatic N) is 3. The molecule has 0 radical (unpaired) electrons. The average molecular weight is 274 g/mol. The lowest BCUT2D eigenvalue weighted by Gasteiger charge is -2.09. The smallest absolute Gasteiger partial charge is 0.205 e. The third-order valence-corrected chi connectivity index (χ3v) is 4.15. The van der Waals surface area contributed by atoms with E-state index in [9.17, 15) is 0 Å². The summed E-state index contributed by atoms with van der Waals surface area (Å²) >= 11 is 0. The maximum atomic E-state index is 9.08. The van der Waals surface area contributed by atoms with Crippen molar-refractivity contribution in [3.8, 4) is 11.8 Å². The number of hydrogen-bond acceptors (Lipinski definition) is 3. The van der Waals surface area contributed by atoms with Gasteiger partial charge in [-0.3, -0.25) is 4.57 Å². The fraction of sp³-hybridized carbons (Fsp3) is 0.176. The number of anilines is 1. The van der Waals surface area contributed by atoms with Gasteiger partial charge in [-0.1, -0.05) is 6.07 Å². The molecular formula is C17H14N4. The number of hydrogen-bond donors (Lipinski definition) is 1. The fourth-order valence-corrected chi connectivity index (χ4v) is 3.13.